The Morgan fingerprint density at radius 3 is 2.48 bits per heavy atom. The number of amides is 1. The van der Waals surface area contributed by atoms with Crippen LogP contribution in [0.3, 0.4) is 0 Å². The second-order valence-electron chi connectivity index (χ2n) is 5.80. The topological polar surface area (TPSA) is 66.9 Å². The average Bonchev–Trinajstić information content (AvgIpc) is 3.10. The molecule has 0 unspecified atom stereocenters. The molecule has 0 aliphatic heterocycles. The summed E-state index contributed by atoms with van der Waals surface area (Å²) in [7, 11) is 0. The Morgan fingerprint density at radius 2 is 1.79 bits per heavy atom. The van der Waals surface area contributed by atoms with Crippen molar-refractivity contribution in [3.05, 3.63) is 59.9 Å². The number of nitrogens with one attached hydrogen (secondary N) is 2. The van der Waals surface area contributed by atoms with Crippen molar-refractivity contribution in [1.29, 1.82) is 0 Å². The number of carbonyl (C=O) groups is 1. The van der Waals surface area contributed by atoms with Gasteiger partial charge in [-0.3, -0.25) is 4.79 Å². The lowest BCUT2D eigenvalue weighted by atomic mass is 10.1. The van der Waals surface area contributed by atoms with Crippen LogP contribution in [0.25, 0.3) is 0 Å². The molecule has 1 aromatic heterocycles. The molecule has 0 aliphatic rings. The van der Waals surface area contributed by atoms with Gasteiger partial charge in [0, 0.05) is 5.69 Å². The molecule has 0 aliphatic carbocycles. The van der Waals surface area contributed by atoms with Gasteiger partial charge in [0.1, 0.15) is 5.82 Å². The van der Waals surface area contributed by atoms with Crippen molar-refractivity contribution < 1.29 is 22.4 Å². The molecule has 3 aromatic rings. The summed E-state index contributed by atoms with van der Waals surface area (Å²) in [6, 6.07) is 10.5. The zero-order valence-electron chi connectivity index (χ0n) is 14.8. The number of rotatable bonds is 6. The van der Waals surface area contributed by atoms with E-state index in [2.05, 4.69) is 20.8 Å². The number of alkyl halides is 3. The molecule has 0 radical (unpaired) electrons. The van der Waals surface area contributed by atoms with Gasteiger partial charge in [0.15, 0.2) is 4.34 Å². The van der Waals surface area contributed by atoms with Crippen LogP contribution in [-0.2, 0) is 11.0 Å². The summed E-state index contributed by atoms with van der Waals surface area (Å²) in [6.45, 7) is 1.56. The SMILES string of the molecule is C[C@H](Sc1nnc(Nc2ccc(F)cc2)s1)C(=O)Nc1ccccc1C(F)(F)F. The number of hydrogen-bond donors (Lipinski definition) is 2. The number of anilines is 3. The number of carbonyl (C=O) groups excluding carboxylic acids is 1. The first-order valence-electron chi connectivity index (χ1n) is 8.22. The molecule has 1 heterocycles. The molecule has 0 bridgehead atoms. The maximum atomic E-state index is 13.0. The van der Waals surface area contributed by atoms with E-state index in [1.54, 1.807) is 6.92 Å². The highest BCUT2D eigenvalue weighted by Gasteiger charge is 2.34. The van der Waals surface area contributed by atoms with E-state index < -0.39 is 22.9 Å². The average molecular weight is 442 g/mol. The van der Waals surface area contributed by atoms with E-state index in [0.29, 0.717) is 15.2 Å². The molecule has 0 spiro atoms. The maximum Gasteiger partial charge on any atom is 0.418 e. The van der Waals surface area contributed by atoms with Crippen LogP contribution in [0.4, 0.5) is 34.1 Å². The lowest BCUT2D eigenvalue weighted by molar-refractivity contribution is -0.137. The number of para-hydroxylation sites is 1. The van der Waals surface area contributed by atoms with Gasteiger partial charge in [-0.1, -0.05) is 35.2 Å². The fourth-order valence-corrected chi connectivity index (χ4v) is 4.16. The monoisotopic (exact) mass is 442 g/mol. The lowest BCUT2D eigenvalue weighted by Gasteiger charge is -2.15. The Hall–Kier alpha value is -2.66. The molecule has 3 rings (SSSR count). The van der Waals surface area contributed by atoms with Gasteiger partial charge in [-0.25, -0.2) is 4.39 Å². The largest absolute Gasteiger partial charge is 0.418 e. The molecule has 2 N–H and O–H groups in total. The van der Waals surface area contributed by atoms with Crippen molar-refractivity contribution in [2.24, 2.45) is 0 Å². The van der Waals surface area contributed by atoms with E-state index in [9.17, 15) is 22.4 Å². The summed E-state index contributed by atoms with van der Waals surface area (Å²) in [5, 5.41) is 12.9. The summed E-state index contributed by atoms with van der Waals surface area (Å²) >= 11 is 2.24. The quantitative estimate of drug-likeness (QED) is 0.387. The minimum atomic E-state index is -4.57. The maximum absolute atomic E-state index is 13.0. The van der Waals surface area contributed by atoms with E-state index in [1.807, 2.05) is 0 Å². The summed E-state index contributed by atoms with van der Waals surface area (Å²) < 4.78 is 52.5. The summed E-state index contributed by atoms with van der Waals surface area (Å²) in [5.74, 6) is -0.953. The van der Waals surface area contributed by atoms with Gasteiger partial charge in [-0.05, 0) is 43.3 Å². The predicted molar refractivity (Wildman–Crippen MR) is 105 cm³/mol. The van der Waals surface area contributed by atoms with Gasteiger partial charge in [0.2, 0.25) is 11.0 Å². The normalized spacial score (nSPS) is 12.4. The fourth-order valence-electron chi connectivity index (χ4n) is 2.24. The minimum absolute atomic E-state index is 0.298. The number of hydrogen-bond acceptors (Lipinski definition) is 6. The minimum Gasteiger partial charge on any atom is -0.330 e. The van der Waals surface area contributed by atoms with Gasteiger partial charge in [0.05, 0.1) is 16.5 Å². The van der Waals surface area contributed by atoms with Crippen LogP contribution >= 0.6 is 23.1 Å². The smallest absolute Gasteiger partial charge is 0.330 e. The van der Waals surface area contributed by atoms with E-state index in [4.69, 9.17) is 0 Å². The molecule has 5 nitrogen and oxygen atoms in total. The van der Waals surface area contributed by atoms with Crippen molar-refractivity contribution in [2.75, 3.05) is 10.6 Å². The third kappa shape index (κ3) is 5.67. The number of halogens is 4. The zero-order valence-corrected chi connectivity index (χ0v) is 16.5. The molecule has 0 saturated heterocycles. The van der Waals surface area contributed by atoms with E-state index in [1.165, 1.54) is 53.8 Å². The first-order chi connectivity index (χ1) is 13.7. The first kappa shape index (κ1) is 21.1. The predicted octanol–water partition coefficient (Wildman–Crippen LogP) is 5.56. The van der Waals surface area contributed by atoms with Crippen LogP contribution in [0.1, 0.15) is 12.5 Å². The third-order valence-electron chi connectivity index (χ3n) is 3.64. The number of aromatic nitrogens is 2. The Bertz CT molecular complexity index is 992. The van der Waals surface area contributed by atoms with Gasteiger partial charge in [0.25, 0.3) is 0 Å². The molecule has 0 fully saturated rings. The van der Waals surface area contributed by atoms with Crippen LogP contribution in [0.5, 0.6) is 0 Å². The Morgan fingerprint density at radius 1 is 1.10 bits per heavy atom. The highest BCUT2D eigenvalue weighted by Crippen LogP contribution is 2.35. The Kier molecular flexibility index (Phi) is 6.38. The molecular weight excluding hydrogens is 428 g/mol. The third-order valence-corrected chi connectivity index (χ3v) is 5.66. The van der Waals surface area contributed by atoms with Gasteiger partial charge in [-0.15, -0.1) is 10.2 Å². The van der Waals surface area contributed by atoms with Gasteiger partial charge >= 0.3 is 6.18 Å². The second-order valence-corrected chi connectivity index (χ2v) is 8.36. The van der Waals surface area contributed by atoms with Crippen molar-refractivity contribution >= 4 is 45.5 Å². The van der Waals surface area contributed by atoms with Crippen molar-refractivity contribution in [1.82, 2.24) is 10.2 Å². The summed E-state index contributed by atoms with van der Waals surface area (Å²) in [6.07, 6.45) is -4.57. The molecule has 11 heteroatoms. The molecule has 152 valence electrons. The van der Waals surface area contributed by atoms with Crippen molar-refractivity contribution in [3.8, 4) is 0 Å². The standard InChI is InChI=1S/C18H14F4N4OS2/c1-10(15(27)24-14-5-3-2-4-13(14)18(20,21)22)28-17-26-25-16(29-17)23-12-8-6-11(19)7-9-12/h2-10H,1H3,(H,23,25)(H,24,27)/t10-/m0/s1. The van der Waals surface area contributed by atoms with Crippen molar-refractivity contribution in [3.63, 3.8) is 0 Å². The Labute approximate surface area is 171 Å². The van der Waals surface area contributed by atoms with E-state index >= 15 is 0 Å². The van der Waals surface area contributed by atoms with Crippen LogP contribution < -0.4 is 10.6 Å². The molecule has 0 saturated carbocycles. The van der Waals surface area contributed by atoms with Crippen LogP contribution in [0.15, 0.2) is 52.9 Å². The lowest BCUT2D eigenvalue weighted by Crippen LogP contribution is -2.24. The second kappa shape index (κ2) is 8.78. The van der Waals surface area contributed by atoms with Crippen molar-refractivity contribution in [2.45, 2.75) is 22.7 Å². The molecule has 29 heavy (non-hydrogen) atoms. The zero-order chi connectivity index (χ0) is 21.0. The Balaban J connectivity index is 1.62. The fraction of sp³-hybridized carbons (Fsp3) is 0.167. The molecule has 1 amide bonds. The van der Waals surface area contributed by atoms with Crippen LogP contribution in [-0.4, -0.2) is 21.4 Å². The molecular formula is C18H14F4N4OS2. The highest BCUT2D eigenvalue weighted by molar-refractivity contribution is 8.02. The molecule has 1 atom stereocenters. The van der Waals surface area contributed by atoms with Crippen LogP contribution in [0, 0.1) is 5.82 Å². The highest BCUT2D eigenvalue weighted by atomic mass is 32.2. The summed E-state index contributed by atoms with van der Waals surface area (Å²) in [4.78, 5) is 12.3. The summed E-state index contributed by atoms with van der Waals surface area (Å²) in [5.41, 5.74) is -0.589. The van der Waals surface area contributed by atoms with E-state index in [-0.39, 0.29) is 11.5 Å². The molecule has 2 aromatic carbocycles. The van der Waals surface area contributed by atoms with Gasteiger partial charge < -0.3 is 10.6 Å². The van der Waals surface area contributed by atoms with Gasteiger partial charge in [-0.2, -0.15) is 13.2 Å². The van der Waals surface area contributed by atoms with Crippen LogP contribution in [0.2, 0.25) is 0 Å². The number of thioether (sulfide) groups is 1. The van der Waals surface area contributed by atoms with E-state index in [0.717, 1.165) is 17.8 Å². The number of nitrogens with zero attached hydrogens (tertiary/aromatic N) is 2. The first-order valence-corrected chi connectivity index (χ1v) is 9.92. The number of benzene rings is 2.